The summed E-state index contributed by atoms with van der Waals surface area (Å²) >= 11 is 1.35. The fourth-order valence-electron chi connectivity index (χ4n) is 3.27. The summed E-state index contributed by atoms with van der Waals surface area (Å²) < 4.78 is 7.30. The van der Waals surface area contributed by atoms with Crippen molar-refractivity contribution in [1.29, 1.82) is 5.26 Å². The van der Waals surface area contributed by atoms with Gasteiger partial charge in [-0.2, -0.15) is 5.26 Å². The normalized spacial score (nSPS) is 10.8. The monoisotopic (exact) mass is 449 g/mol. The van der Waals surface area contributed by atoms with Gasteiger partial charge in [-0.05, 0) is 41.8 Å². The Labute approximate surface area is 193 Å². The fourth-order valence-corrected chi connectivity index (χ4v) is 4.15. The van der Waals surface area contributed by atoms with Crippen molar-refractivity contribution in [3.8, 4) is 28.9 Å². The average molecular weight is 450 g/mol. The van der Waals surface area contributed by atoms with E-state index in [2.05, 4.69) is 42.2 Å². The second kappa shape index (κ2) is 10.8. The van der Waals surface area contributed by atoms with Gasteiger partial charge in [0.2, 0.25) is 5.91 Å². The number of benzene rings is 2. The van der Waals surface area contributed by atoms with Gasteiger partial charge in [0.1, 0.15) is 5.75 Å². The number of thioether (sulfide) groups is 1. The number of nitriles is 1. The fraction of sp³-hybridized carbons (Fsp3) is 0.333. The summed E-state index contributed by atoms with van der Waals surface area (Å²) in [6, 6.07) is 17.9. The van der Waals surface area contributed by atoms with E-state index in [0.717, 1.165) is 17.0 Å². The standard InChI is InChI=1S/C24H27N5O2S/c1-17(2)20-8-5-6-9-21(20)29-23(18-10-12-19(31-4)13-11-18)26-27-24(29)32-16-22(30)28(3)15-7-14-25/h5-6,8-13,17H,7,15-16H2,1-4H3. The first-order valence-electron chi connectivity index (χ1n) is 10.4. The van der Waals surface area contributed by atoms with E-state index >= 15 is 0 Å². The second-order valence-electron chi connectivity index (χ2n) is 7.60. The Hall–Kier alpha value is -3.31. The van der Waals surface area contributed by atoms with Crippen LogP contribution in [0.4, 0.5) is 0 Å². The first kappa shape index (κ1) is 23.4. The van der Waals surface area contributed by atoms with Gasteiger partial charge >= 0.3 is 0 Å². The SMILES string of the molecule is COc1ccc(-c2nnc(SCC(=O)N(C)CCC#N)n2-c2ccccc2C(C)C)cc1. The van der Waals surface area contributed by atoms with Gasteiger partial charge in [-0.15, -0.1) is 10.2 Å². The summed E-state index contributed by atoms with van der Waals surface area (Å²) in [5.74, 6) is 1.93. The molecule has 32 heavy (non-hydrogen) atoms. The Balaban J connectivity index is 2.00. The molecule has 0 saturated heterocycles. The van der Waals surface area contributed by atoms with Crippen molar-refractivity contribution < 1.29 is 9.53 Å². The number of methoxy groups -OCH3 is 1. The maximum atomic E-state index is 12.5. The number of carbonyl (C=O) groups is 1. The Morgan fingerprint density at radius 1 is 1.19 bits per heavy atom. The zero-order valence-electron chi connectivity index (χ0n) is 18.8. The molecule has 8 heteroatoms. The van der Waals surface area contributed by atoms with E-state index in [4.69, 9.17) is 10.00 Å². The van der Waals surface area contributed by atoms with Crippen LogP contribution in [0.5, 0.6) is 5.75 Å². The molecule has 0 aliphatic heterocycles. The molecule has 0 radical (unpaired) electrons. The molecular formula is C24H27N5O2S. The number of nitrogens with zero attached hydrogens (tertiary/aromatic N) is 5. The molecule has 0 aliphatic carbocycles. The lowest BCUT2D eigenvalue weighted by molar-refractivity contribution is -0.127. The van der Waals surface area contributed by atoms with Gasteiger partial charge in [0, 0.05) is 19.2 Å². The molecule has 0 unspecified atom stereocenters. The molecule has 0 spiro atoms. The van der Waals surface area contributed by atoms with Crippen molar-refractivity contribution >= 4 is 17.7 Å². The molecule has 0 N–H and O–H groups in total. The summed E-state index contributed by atoms with van der Waals surface area (Å²) in [6.45, 7) is 4.71. The van der Waals surface area contributed by atoms with Gasteiger partial charge in [-0.3, -0.25) is 9.36 Å². The lowest BCUT2D eigenvalue weighted by Crippen LogP contribution is -2.29. The van der Waals surface area contributed by atoms with E-state index in [1.165, 1.54) is 17.3 Å². The summed E-state index contributed by atoms with van der Waals surface area (Å²) in [4.78, 5) is 14.1. The highest BCUT2D eigenvalue weighted by Crippen LogP contribution is 2.32. The van der Waals surface area contributed by atoms with Crippen LogP contribution < -0.4 is 4.74 Å². The highest BCUT2D eigenvalue weighted by Gasteiger charge is 2.21. The summed E-state index contributed by atoms with van der Waals surface area (Å²) in [7, 11) is 3.34. The zero-order valence-corrected chi connectivity index (χ0v) is 19.6. The molecule has 0 atom stereocenters. The van der Waals surface area contributed by atoms with Crippen LogP contribution in [0.25, 0.3) is 17.1 Å². The summed E-state index contributed by atoms with van der Waals surface area (Å²) in [6.07, 6.45) is 0.312. The Kier molecular flexibility index (Phi) is 7.90. The zero-order chi connectivity index (χ0) is 23.1. The molecule has 3 rings (SSSR count). The van der Waals surface area contributed by atoms with E-state index in [-0.39, 0.29) is 11.7 Å². The number of rotatable bonds is 9. The Bertz CT molecular complexity index is 1100. The van der Waals surface area contributed by atoms with Crippen LogP contribution in [0.2, 0.25) is 0 Å². The van der Waals surface area contributed by atoms with Gasteiger partial charge < -0.3 is 9.64 Å². The lowest BCUT2D eigenvalue weighted by atomic mass is 10.0. The molecule has 1 amide bonds. The van der Waals surface area contributed by atoms with Crippen molar-refractivity contribution in [2.24, 2.45) is 0 Å². The second-order valence-corrected chi connectivity index (χ2v) is 8.54. The van der Waals surface area contributed by atoms with E-state index in [1.807, 2.05) is 41.0 Å². The number of carbonyl (C=O) groups excluding carboxylic acids is 1. The van der Waals surface area contributed by atoms with Crippen LogP contribution >= 0.6 is 11.8 Å². The van der Waals surface area contributed by atoms with Crippen LogP contribution in [-0.4, -0.2) is 52.0 Å². The van der Waals surface area contributed by atoms with Crippen molar-refractivity contribution in [2.75, 3.05) is 26.5 Å². The van der Waals surface area contributed by atoms with Gasteiger partial charge in [0.05, 0.1) is 31.0 Å². The van der Waals surface area contributed by atoms with Gasteiger partial charge in [-0.1, -0.05) is 43.8 Å². The number of aromatic nitrogens is 3. The van der Waals surface area contributed by atoms with Crippen molar-refractivity contribution in [1.82, 2.24) is 19.7 Å². The Morgan fingerprint density at radius 2 is 1.91 bits per heavy atom. The number of ether oxygens (including phenoxy) is 1. The predicted octanol–water partition coefficient (Wildman–Crippen LogP) is 4.53. The minimum Gasteiger partial charge on any atom is -0.497 e. The number of para-hydroxylation sites is 1. The molecular weight excluding hydrogens is 422 g/mol. The topological polar surface area (TPSA) is 84.0 Å². The van der Waals surface area contributed by atoms with Gasteiger partial charge in [-0.25, -0.2) is 0 Å². The average Bonchev–Trinajstić information content (AvgIpc) is 3.24. The maximum Gasteiger partial charge on any atom is 0.232 e. The highest BCUT2D eigenvalue weighted by atomic mass is 32.2. The van der Waals surface area contributed by atoms with Crippen LogP contribution in [0, 0.1) is 11.3 Å². The smallest absolute Gasteiger partial charge is 0.232 e. The van der Waals surface area contributed by atoms with Gasteiger partial charge in [0.15, 0.2) is 11.0 Å². The molecule has 166 valence electrons. The minimum atomic E-state index is -0.0528. The van der Waals surface area contributed by atoms with Crippen LogP contribution in [0.3, 0.4) is 0 Å². The van der Waals surface area contributed by atoms with Crippen molar-refractivity contribution in [3.63, 3.8) is 0 Å². The molecule has 1 aromatic heterocycles. The molecule has 0 fully saturated rings. The van der Waals surface area contributed by atoms with Crippen LogP contribution in [0.1, 0.15) is 31.7 Å². The Morgan fingerprint density at radius 3 is 2.56 bits per heavy atom. The highest BCUT2D eigenvalue weighted by molar-refractivity contribution is 7.99. The maximum absolute atomic E-state index is 12.5. The van der Waals surface area contributed by atoms with Crippen LogP contribution in [0.15, 0.2) is 53.7 Å². The third-order valence-electron chi connectivity index (χ3n) is 5.09. The summed E-state index contributed by atoms with van der Waals surface area (Å²) in [5.41, 5.74) is 3.06. The third-order valence-corrected chi connectivity index (χ3v) is 6.00. The van der Waals surface area contributed by atoms with Gasteiger partial charge in [0.25, 0.3) is 0 Å². The predicted molar refractivity (Wildman–Crippen MR) is 126 cm³/mol. The van der Waals surface area contributed by atoms with E-state index in [1.54, 1.807) is 19.1 Å². The van der Waals surface area contributed by atoms with Crippen molar-refractivity contribution in [2.45, 2.75) is 31.3 Å². The third kappa shape index (κ3) is 5.29. The molecule has 0 saturated carbocycles. The number of hydrogen-bond acceptors (Lipinski definition) is 6. The molecule has 7 nitrogen and oxygen atoms in total. The van der Waals surface area contributed by atoms with E-state index < -0.39 is 0 Å². The summed E-state index contributed by atoms with van der Waals surface area (Å²) in [5, 5.41) is 18.3. The molecule has 0 bridgehead atoms. The largest absolute Gasteiger partial charge is 0.497 e. The molecule has 0 aliphatic rings. The quantitative estimate of drug-likeness (QED) is 0.446. The van der Waals surface area contributed by atoms with E-state index in [0.29, 0.717) is 29.9 Å². The van der Waals surface area contributed by atoms with E-state index in [9.17, 15) is 4.79 Å². The van der Waals surface area contributed by atoms with Crippen LogP contribution in [-0.2, 0) is 4.79 Å². The number of hydrogen-bond donors (Lipinski definition) is 0. The van der Waals surface area contributed by atoms with Crippen molar-refractivity contribution in [3.05, 3.63) is 54.1 Å². The molecule has 2 aromatic carbocycles. The lowest BCUT2D eigenvalue weighted by Gasteiger charge is -2.18. The number of amides is 1. The first-order chi connectivity index (χ1) is 15.5. The minimum absolute atomic E-state index is 0.0528. The first-order valence-corrected chi connectivity index (χ1v) is 11.4. The molecule has 3 aromatic rings. The molecule has 1 heterocycles.